The molecule has 22 heavy (non-hydrogen) atoms. The Hall–Kier alpha value is -1.71. The molecule has 10 heteroatoms. The van der Waals surface area contributed by atoms with Crippen molar-refractivity contribution in [3.63, 3.8) is 0 Å². The third-order valence-corrected chi connectivity index (χ3v) is 5.33. The molecule has 2 rings (SSSR count). The van der Waals surface area contributed by atoms with E-state index in [0.717, 1.165) is 11.3 Å². The summed E-state index contributed by atoms with van der Waals surface area (Å²) in [5.74, 6) is -0.498. The number of nitrogens with zero attached hydrogens (tertiary/aromatic N) is 2. The number of nitrogens with one attached hydrogen (secondary N) is 2. The van der Waals surface area contributed by atoms with Gasteiger partial charge in [-0.15, -0.1) is 10.2 Å². The van der Waals surface area contributed by atoms with Crippen LogP contribution in [0, 0.1) is 5.92 Å². The van der Waals surface area contributed by atoms with E-state index in [1.54, 1.807) is 26.0 Å². The molecule has 1 amide bonds. The zero-order valence-corrected chi connectivity index (χ0v) is 14.1. The molecule has 0 radical (unpaired) electrons. The second kappa shape index (κ2) is 6.59. The van der Waals surface area contributed by atoms with E-state index >= 15 is 0 Å². The molecule has 0 aliphatic rings. The predicted octanol–water partition coefficient (Wildman–Crippen LogP) is 2.59. The van der Waals surface area contributed by atoms with E-state index in [9.17, 15) is 13.2 Å². The van der Waals surface area contributed by atoms with Crippen LogP contribution in [0.2, 0.25) is 5.02 Å². The van der Waals surface area contributed by atoms with Crippen molar-refractivity contribution >= 4 is 49.7 Å². The largest absolute Gasteiger partial charge is 0.300 e. The topological polar surface area (TPSA) is 101 Å². The predicted molar refractivity (Wildman–Crippen MR) is 85.6 cm³/mol. The van der Waals surface area contributed by atoms with Crippen LogP contribution in [0.5, 0.6) is 0 Å². The maximum atomic E-state index is 12.2. The normalized spacial score (nSPS) is 11.5. The summed E-state index contributed by atoms with van der Waals surface area (Å²) in [6.07, 6.45) is 0. The van der Waals surface area contributed by atoms with Crippen LogP contribution in [0.4, 0.5) is 10.8 Å². The first-order chi connectivity index (χ1) is 10.3. The van der Waals surface area contributed by atoms with Crippen LogP contribution in [0.1, 0.15) is 13.8 Å². The Bertz CT molecular complexity index is 772. The number of amides is 1. The lowest BCUT2D eigenvalue weighted by Gasteiger charge is -2.04. The van der Waals surface area contributed by atoms with Crippen molar-refractivity contribution in [1.82, 2.24) is 10.2 Å². The highest BCUT2D eigenvalue weighted by Crippen LogP contribution is 2.23. The summed E-state index contributed by atoms with van der Waals surface area (Å²) in [7, 11) is -3.86. The summed E-state index contributed by atoms with van der Waals surface area (Å²) >= 11 is 6.52. The summed E-state index contributed by atoms with van der Waals surface area (Å²) in [4.78, 5) is 11.5. The highest BCUT2D eigenvalue weighted by molar-refractivity contribution is 7.94. The zero-order chi connectivity index (χ0) is 16.3. The van der Waals surface area contributed by atoms with Gasteiger partial charge in [0.05, 0.1) is 0 Å². The number of sulfonamides is 1. The molecule has 0 unspecified atom stereocenters. The van der Waals surface area contributed by atoms with Crippen molar-refractivity contribution in [3.8, 4) is 0 Å². The van der Waals surface area contributed by atoms with Crippen LogP contribution >= 0.6 is 22.9 Å². The van der Waals surface area contributed by atoms with Gasteiger partial charge in [-0.05, 0) is 24.3 Å². The summed E-state index contributed by atoms with van der Waals surface area (Å²) in [5.41, 5.74) is 0.354. The molecule has 0 aliphatic carbocycles. The maximum absolute atomic E-state index is 12.2. The van der Waals surface area contributed by atoms with Crippen molar-refractivity contribution < 1.29 is 13.2 Å². The van der Waals surface area contributed by atoms with Crippen LogP contribution in [0.3, 0.4) is 0 Å². The SMILES string of the molecule is CC(C)C(=O)Nc1nnc(S(=O)(=O)Nc2ccc(Cl)cc2)s1. The van der Waals surface area contributed by atoms with Gasteiger partial charge in [0.15, 0.2) is 0 Å². The summed E-state index contributed by atoms with van der Waals surface area (Å²) in [6.45, 7) is 3.44. The van der Waals surface area contributed by atoms with Gasteiger partial charge in [0.25, 0.3) is 14.4 Å². The van der Waals surface area contributed by atoms with Gasteiger partial charge in [0.2, 0.25) is 11.0 Å². The Balaban J connectivity index is 2.14. The van der Waals surface area contributed by atoms with Crippen LogP contribution in [-0.4, -0.2) is 24.5 Å². The van der Waals surface area contributed by atoms with E-state index in [1.807, 2.05) is 0 Å². The number of anilines is 2. The van der Waals surface area contributed by atoms with E-state index < -0.39 is 10.0 Å². The number of aromatic nitrogens is 2. The molecule has 0 spiro atoms. The number of carbonyl (C=O) groups excluding carboxylic acids is 1. The minimum atomic E-state index is -3.86. The Kier molecular flexibility index (Phi) is 4.99. The fourth-order valence-electron chi connectivity index (χ4n) is 1.34. The number of hydrogen-bond donors (Lipinski definition) is 2. The van der Waals surface area contributed by atoms with Gasteiger partial charge in [0.1, 0.15) is 0 Å². The lowest BCUT2D eigenvalue weighted by molar-refractivity contribution is -0.118. The van der Waals surface area contributed by atoms with Gasteiger partial charge in [-0.3, -0.25) is 9.52 Å². The number of rotatable bonds is 5. The molecule has 2 N–H and O–H groups in total. The molecule has 0 atom stereocenters. The number of benzene rings is 1. The number of halogens is 1. The smallest absolute Gasteiger partial charge is 0.291 e. The molecule has 1 aromatic carbocycles. The van der Waals surface area contributed by atoms with Gasteiger partial charge in [-0.25, -0.2) is 0 Å². The first-order valence-electron chi connectivity index (χ1n) is 6.20. The third-order valence-electron chi connectivity index (χ3n) is 2.49. The van der Waals surface area contributed by atoms with E-state index in [4.69, 9.17) is 11.6 Å². The highest BCUT2D eigenvalue weighted by atomic mass is 35.5. The third kappa shape index (κ3) is 4.15. The van der Waals surface area contributed by atoms with Crippen LogP contribution in [-0.2, 0) is 14.8 Å². The van der Waals surface area contributed by atoms with Gasteiger partial charge < -0.3 is 5.32 Å². The molecule has 118 valence electrons. The zero-order valence-electron chi connectivity index (χ0n) is 11.7. The molecule has 0 fully saturated rings. The molecule has 7 nitrogen and oxygen atoms in total. The fourth-order valence-corrected chi connectivity index (χ4v) is 3.42. The minimum Gasteiger partial charge on any atom is -0.300 e. The van der Waals surface area contributed by atoms with Crippen LogP contribution < -0.4 is 10.0 Å². The van der Waals surface area contributed by atoms with Crippen molar-refractivity contribution in [2.75, 3.05) is 10.0 Å². The molecular weight excluding hydrogens is 348 g/mol. The minimum absolute atomic E-state index is 0.134. The Morgan fingerprint density at radius 3 is 2.45 bits per heavy atom. The van der Waals surface area contributed by atoms with Gasteiger partial charge in [0, 0.05) is 16.6 Å². The molecule has 0 saturated heterocycles. The van der Waals surface area contributed by atoms with E-state index in [0.29, 0.717) is 10.7 Å². The Labute approximate surface area is 136 Å². The number of hydrogen-bond acceptors (Lipinski definition) is 6. The second-order valence-electron chi connectivity index (χ2n) is 4.63. The van der Waals surface area contributed by atoms with E-state index in [2.05, 4.69) is 20.2 Å². The quantitative estimate of drug-likeness (QED) is 0.798. The Morgan fingerprint density at radius 2 is 1.86 bits per heavy atom. The molecule has 1 heterocycles. The highest BCUT2D eigenvalue weighted by Gasteiger charge is 2.21. The molecule has 0 aliphatic heterocycles. The van der Waals surface area contributed by atoms with E-state index in [-0.39, 0.29) is 21.3 Å². The summed E-state index contributed by atoms with van der Waals surface area (Å²) < 4.78 is 26.5. The molecule has 2 aromatic rings. The first kappa shape index (κ1) is 16.7. The van der Waals surface area contributed by atoms with Crippen molar-refractivity contribution in [1.29, 1.82) is 0 Å². The second-order valence-corrected chi connectivity index (χ2v) is 7.90. The summed E-state index contributed by atoms with van der Waals surface area (Å²) in [6, 6.07) is 6.19. The average Bonchev–Trinajstić information content (AvgIpc) is 2.90. The van der Waals surface area contributed by atoms with Gasteiger partial charge in [-0.2, -0.15) is 8.42 Å². The van der Waals surface area contributed by atoms with Crippen molar-refractivity contribution in [2.24, 2.45) is 5.92 Å². The lowest BCUT2D eigenvalue weighted by Crippen LogP contribution is -2.17. The van der Waals surface area contributed by atoms with E-state index in [1.165, 1.54) is 12.1 Å². The maximum Gasteiger partial charge on any atom is 0.291 e. The summed E-state index contributed by atoms with van der Waals surface area (Å²) in [5, 5.41) is 10.4. The van der Waals surface area contributed by atoms with Crippen molar-refractivity contribution in [2.45, 2.75) is 18.2 Å². The molecule has 0 saturated carbocycles. The number of carbonyl (C=O) groups is 1. The standard InChI is InChI=1S/C12H13ClN4O3S2/c1-7(2)10(18)14-11-15-16-12(21-11)22(19,20)17-9-5-3-8(13)4-6-9/h3-7,17H,1-2H3,(H,14,15,18). The van der Waals surface area contributed by atoms with Crippen LogP contribution in [0.25, 0.3) is 0 Å². The fraction of sp³-hybridized carbons (Fsp3) is 0.250. The molecular formula is C12H13ClN4O3S2. The van der Waals surface area contributed by atoms with Crippen molar-refractivity contribution in [3.05, 3.63) is 29.3 Å². The molecule has 0 bridgehead atoms. The average molecular weight is 361 g/mol. The monoisotopic (exact) mass is 360 g/mol. The van der Waals surface area contributed by atoms with Crippen LogP contribution in [0.15, 0.2) is 28.6 Å². The van der Waals surface area contributed by atoms with Gasteiger partial charge in [-0.1, -0.05) is 36.8 Å². The lowest BCUT2D eigenvalue weighted by atomic mass is 10.2. The molecule has 1 aromatic heterocycles. The Morgan fingerprint density at radius 1 is 1.23 bits per heavy atom. The first-order valence-corrected chi connectivity index (χ1v) is 8.88. The van der Waals surface area contributed by atoms with Gasteiger partial charge >= 0.3 is 0 Å².